The smallest absolute Gasteiger partial charge is 0.322 e. The van der Waals surface area contributed by atoms with Crippen LogP contribution in [0.3, 0.4) is 0 Å². The van der Waals surface area contributed by atoms with Crippen LogP contribution in [0.2, 0.25) is 0 Å². The fourth-order valence-electron chi connectivity index (χ4n) is 4.86. The highest BCUT2D eigenvalue weighted by Crippen LogP contribution is 2.39. The zero-order chi connectivity index (χ0) is 19.6. The summed E-state index contributed by atoms with van der Waals surface area (Å²) in [5.41, 5.74) is 0.837. The molecule has 8 heteroatoms. The van der Waals surface area contributed by atoms with Crippen LogP contribution in [0.4, 0.5) is 4.79 Å². The van der Waals surface area contributed by atoms with Crippen molar-refractivity contribution >= 4 is 17.8 Å². The van der Waals surface area contributed by atoms with Gasteiger partial charge in [0.05, 0.1) is 11.8 Å². The lowest BCUT2D eigenvalue weighted by molar-refractivity contribution is -0.120. The summed E-state index contributed by atoms with van der Waals surface area (Å²) in [6.07, 6.45) is 9.06. The van der Waals surface area contributed by atoms with Crippen molar-refractivity contribution in [2.75, 3.05) is 32.7 Å². The van der Waals surface area contributed by atoms with Gasteiger partial charge in [0, 0.05) is 25.0 Å². The van der Waals surface area contributed by atoms with Gasteiger partial charge in [-0.15, -0.1) is 0 Å². The van der Waals surface area contributed by atoms with Crippen LogP contribution in [0.25, 0.3) is 0 Å². The summed E-state index contributed by atoms with van der Waals surface area (Å²) >= 11 is 0. The first kappa shape index (κ1) is 19.0. The number of hydrogen-bond donors (Lipinski definition) is 2. The second kappa shape index (κ2) is 7.95. The van der Waals surface area contributed by atoms with Crippen molar-refractivity contribution < 1.29 is 18.8 Å². The molecule has 1 spiro atoms. The Labute approximate surface area is 164 Å². The number of carbonyl (C=O) groups excluding carboxylic acids is 3. The molecular formula is C20H28N4O4. The summed E-state index contributed by atoms with van der Waals surface area (Å²) in [6, 6.07) is 0.967. The molecule has 0 aromatic carbocycles. The second-order valence-electron chi connectivity index (χ2n) is 8.38. The third-order valence-corrected chi connectivity index (χ3v) is 6.31. The largest absolute Gasteiger partial charge is 0.472 e. The minimum absolute atomic E-state index is 0.0691. The Morgan fingerprint density at radius 2 is 2.11 bits per heavy atom. The zero-order valence-corrected chi connectivity index (χ0v) is 16.1. The van der Waals surface area contributed by atoms with E-state index in [1.54, 1.807) is 12.3 Å². The lowest BCUT2D eigenvalue weighted by atomic mass is 9.79. The Hall–Kier alpha value is -2.35. The fraction of sp³-hybridized carbons (Fsp3) is 0.650. The van der Waals surface area contributed by atoms with Gasteiger partial charge in [-0.1, -0.05) is 0 Å². The van der Waals surface area contributed by atoms with Gasteiger partial charge in [-0.3, -0.25) is 14.9 Å². The van der Waals surface area contributed by atoms with E-state index in [1.165, 1.54) is 12.7 Å². The summed E-state index contributed by atoms with van der Waals surface area (Å²) < 4.78 is 5.05. The third-order valence-electron chi connectivity index (χ3n) is 6.31. The highest BCUT2D eigenvalue weighted by molar-refractivity contribution is 6.04. The normalized spacial score (nSPS) is 28.0. The van der Waals surface area contributed by atoms with Crippen molar-refractivity contribution in [2.24, 2.45) is 5.41 Å². The zero-order valence-electron chi connectivity index (χ0n) is 16.1. The molecule has 3 aliphatic rings. The SMILES string of the molecule is O=C1NC(=O)C(CCCCN2CCCC3(CCN(C(=O)c4ccoc4)C3)C2)N1. The molecule has 1 aromatic heterocycles. The first-order chi connectivity index (χ1) is 13.5. The maximum atomic E-state index is 12.6. The van der Waals surface area contributed by atoms with E-state index in [9.17, 15) is 14.4 Å². The molecule has 3 saturated heterocycles. The van der Waals surface area contributed by atoms with E-state index in [4.69, 9.17) is 4.42 Å². The maximum absolute atomic E-state index is 12.6. The van der Waals surface area contributed by atoms with Gasteiger partial charge in [0.1, 0.15) is 12.3 Å². The van der Waals surface area contributed by atoms with Crippen molar-refractivity contribution in [3.05, 3.63) is 24.2 Å². The third kappa shape index (κ3) is 4.06. The number of hydrogen-bond acceptors (Lipinski definition) is 5. The Balaban J connectivity index is 1.23. The van der Waals surface area contributed by atoms with Gasteiger partial charge in [-0.05, 0) is 57.7 Å². The van der Waals surface area contributed by atoms with E-state index in [-0.39, 0.29) is 29.3 Å². The van der Waals surface area contributed by atoms with Crippen molar-refractivity contribution in [3.63, 3.8) is 0 Å². The Kier molecular flexibility index (Phi) is 5.39. The number of carbonyl (C=O) groups is 3. The average molecular weight is 388 g/mol. The molecule has 8 nitrogen and oxygen atoms in total. The van der Waals surface area contributed by atoms with Crippen LogP contribution in [-0.2, 0) is 4.79 Å². The van der Waals surface area contributed by atoms with Gasteiger partial charge in [-0.25, -0.2) is 4.79 Å². The van der Waals surface area contributed by atoms with Crippen LogP contribution in [0.5, 0.6) is 0 Å². The van der Waals surface area contributed by atoms with Gasteiger partial charge in [0.25, 0.3) is 11.8 Å². The number of unbranched alkanes of at least 4 members (excludes halogenated alkanes) is 1. The Morgan fingerprint density at radius 1 is 1.21 bits per heavy atom. The molecule has 3 fully saturated rings. The fourth-order valence-corrected chi connectivity index (χ4v) is 4.86. The van der Waals surface area contributed by atoms with E-state index in [2.05, 4.69) is 15.5 Å². The summed E-state index contributed by atoms with van der Waals surface area (Å²) in [4.78, 5) is 39.8. The van der Waals surface area contributed by atoms with Gasteiger partial charge in [0.2, 0.25) is 0 Å². The highest BCUT2D eigenvalue weighted by Gasteiger charge is 2.42. The minimum Gasteiger partial charge on any atom is -0.472 e. The molecule has 4 rings (SSSR count). The number of furan rings is 1. The molecule has 2 unspecified atom stereocenters. The van der Waals surface area contributed by atoms with Gasteiger partial charge in [0.15, 0.2) is 0 Å². The van der Waals surface area contributed by atoms with Gasteiger partial charge < -0.3 is 19.5 Å². The molecule has 3 aliphatic heterocycles. The molecule has 2 atom stereocenters. The van der Waals surface area contributed by atoms with E-state index in [0.717, 1.165) is 58.4 Å². The molecule has 152 valence electrons. The van der Waals surface area contributed by atoms with Crippen LogP contribution in [0, 0.1) is 5.41 Å². The van der Waals surface area contributed by atoms with Crippen molar-refractivity contribution in [3.8, 4) is 0 Å². The first-order valence-electron chi connectivity index (χ1n) is 10.2. The molecule has 1 aromatic rings. The predicted octanol–water partition coefficient (Wildman–Crippen LogP) is 1.59. The second-order valence-corrected chi connectivity index (χ2v) is 8.38. The summed E-state index contributed by atoms with van der Waals surface area (Å²) in [6.45, 7) is 4.76. The molecule has 28 heavy (non-hydrogen) atoms. The first-order valence-corrected chi connectivity index (χ1v) is 10.2. The number of piperidine rings is 1. The van der Waals surface area contributed by atoms with Crippen LogP contribution in [-0.4, -0.2) is 66.4 Å². The van der Waals surface area contributed by atoms with Crippen LogP contribution in [0.1, 0.15) is 48.9 Å². The number of imide groups is 1. The standard InChI is InChI=1S/C20H28N4O4/c25-17-16(21-19(27)22-17)4-1-2-8-23-9-3-6-20(13-23)7-10-24(14-20)18(26)15-5-11-28-12-15/h5,11-12,16H,1-4,6-10,13-14H2,(H2,21,22,25,27). The molecule has 0 saturated carbocycles. The molecule has 4 heterocycles. The minimum atomic E-state index is -0.385. The molecule has 0 aliphatic carbocycles. The molecule has 2 N–H and O–H groups in total. The van der Waals surface area contributed by atoms with Crippen molar-refractivity contribution in [1.82, 2.24) is 20.4 Å². The van der Waals surface area contributed by atoms with Crippen LogP contribution >= 0.6 is 0 Å². The Bertz CT molecular complexity index is 735. The van der Waals surface area contributed by atoms with Crippen molar-refractivity contribution in [2.45, 2.75) is 44.6 Å². The number of urea groups is 1. The average Bonchev–Trinajstić information content (AvgIpc) is 3.40. The van der Waals surface area contributed by atoms with E-state index in [1.807, 2.05) is 4.90 Å². The van der Waals surface area contributed by atoms with Crippen molar-refractivity contribution in [1.29, 1.82) is 0 Å². The number of nitrogens with zero attached hydrogens (tertiary/aromatic N) is 2. The van der Waals surface area contributed by atoms with Crippen LogP contribution < -0.4 is 10.6 Å². The summed E-state index contributed by atoms with van der Waals surface area (Å²) in [5, 5.41) is 4.93. The maximum Gasteiger partial charge on any atom is 0.322 e. The molecule has 0 radical (unpaired) electrons. The monoisotopic (exact) mass is 388 g/mol. The summed E-state index contributed by atoms with van der Waals surface area (Å²) in [5.74, 6) is -0.144. The van der Waals surface area contributed by atoms with Crippen LogP contribution in [0.15, 0.2) is 23.0 Å². The molecular weight excluding hydrogens is 360 g/mol. The van der Waals surface area contributed by atoms with Gasteiger partial charge in [-0.2, -0.15) is 0 Å². The highest BCUT2D eigenvalue weighted by atomic mass is 16.3. The molecule has 0 bridgehead atoms. The summed E-state index contributed by atoms with van der Waals surface area (Å²) in [7, 11) is 0. The predicted molar refractivity (Wildman–Crippen MR) is 102 cm³/mol. The van der Waals surface area contributed by atoms with Gasteiger partial charge >= 0.3 is 6.03 Å². The quantitative estimate of drug-likeness (QED) is 0.570. The van der Waals surface area contributed by atoms with E-state index in [0.29, 0.717) is 12.0 Å². The topological polar surface area (TPSA) is 94.9 Å². The lowest BCUT2D eigenvalue weighted by Crippen LogP contribution is -2.45. The lowest BCUT2D eigenvalue weighted by Gasteiger charge is -2.40. The Morgan fingerprint density at radius 3 is 2.86 bits per heavy atom. The number of nitrogens with one attached hydrogen (secondary N) is 2. The number of rotatable bonds is 6. The van der Waals surface area contributed by atoms with E-state index < -0.39 is 0 Å². The van der Waals surface area contributed by atoms with E-state index >= 15 is 0 Å². The number of amides is 4. The molecule has 4 amide bonds. The number of likely N-dealkylation sites (tertiary alicyclic amines) is 2.